The Morgan fingerprint density at radius 1 is 1.04 bits per heavy atom. The molecule has 2 saturated carbocycles. The van der Waals surface area contributed by atoms with Gasteiger partial charge in [0.15, 0.2) is 5.69 Å². The van der Waals surface area contributed by atoms with Gasteiger partial charge in [0, 0.05) is 25.3 Å². The Hall–Kier alpha value is -4.74. The molecule has 0 unspecified atom stereocenters. The van der Waals surface area contributed by atoms with E-state index in [0.29, 0.717) is 48.2 Å². The Balaban J connectivity index is 1.21. The summed E-state index contributed by atoms with van der Waals surface area (Å²) in [6, 6.07) is 6.11. The topological polar surface area (TPSA) is 203 Å². The highest BCUT2D eigenvalue weighted by molar-refractivity contribution is 7.91. The summed E-state index contributed by atoms with van der Waals surface area (Å²) in [4.78, 5) is 65.9. The number of sulfonamides is 1. The molecule has 5 atom stereocenters. The maximum absolute atomic E-state index is 15.3. The predicted molar refractivity (Wildman–Crippen MR) is 183 cm³/mol. The zero-order valence-corrected chi connectivity index (χ0v) is 30.1. The molecule has 1 aromatic carbocycles. The summed E-state index contributed by atoms with van der Waals surface area (Å²) in [5.74, 6) is -6.97. The number of carbonyl (C=O) groups excluding carboxylic acids is 4. The Morgan fingerprint density at radius 2 is 1.77 bits per heavy atom. The van der Waals surface area contributed by atoms with E-state index in [1.807, 2.05) is 10.8 Å². The van der Waals surface area contributed by atoms with Crippen LogP contribution in [-0.2, 0) is 24.4 Å². The van der Waals surface area contributed by atoms with E-state index in [1.54, 1.807) is 32.0 Å². The smallest absolute Gasteiger partial charge is 0.274 e. The second kappa shape index (κ2) is 13.9. The number of hydrogen-bond acceptors (Lipinski definition) is 11. The number of para-hydroxylation sites is 2. The molecule has 3 aromatic rings. The summed E-state index contributed by atoms with van der Waals surface area (Å²) < 4.78 is 69.5. The third-order valence-corrected chi connectivity index (χ3v) is 12.2. The number of aromatic nitrogens is 3. The lowest BCUT2D eigenvalue weighted by Gasteiger charge is -2.30. The highest BCUT2D eigenvalue weighted by Crippen LogP contribution is 2.51. The molecule has 0 radical (unpaired) electrons. The average Bonchev–Trinajstić information content (AvgIpc) is 3.98. The van der Waals surface area contributed by atoms with Gasteiger partial charge in [-0.05, 0) is 64.0 Å². The van der Waals surface area contributed by atoms with Gasteiger partial charge in [-0.1, -0.05) is 30.1 Å². The molecule has 4 amide bonds. The van der Waals surface area contributed by atoms with E-state index in [4.69, 9.17) is 9.26 Å². The molecule has 3 N–H and O–H groups in total. The van der Waals surface area contributed by atoms with E-state index in [1.165, 1.54) is 11.0 Å². The summed E-state index contributed by atoms with van der Waals surface area (Å²) in [6.07, 6.45) is -0.857. The van der Waals surface area contributed by atoms with Gasteiger partial charge < -0.3 is 24.8 Å². The minimum absolute atomic E-state index is 0.0676. The summed E-state index contributed by atoms with van der Waals surface area (Å²) in [5.41, 5.74) is -0.335. The van der Waals surface area contributed by atoms with Gasteiger partial charge in [0.25, 0.3) is 11.8 Å². The first kappa shape index (κ1) is 36.6. The molecule has 0 bridgehead atoms. The number of nitrogens with zero attached hydrogens (tertiary/aromatic N) is 4. The number of benzene rings is 1. The molecule has 2 aromatic heterocycles. The number of aryl methyl sites for hydroxylation is 2. The molecule has 4 fully saturated rings. The minimum Gasteiger partial charge on any atom is -0.471 e. The normalized spacial score (nSPS) is 27.8. The molecule has 284 valence electrons. The third kappa shape index (κ3) is 7.82. The molecule has 4 aliphatic rings. The summed E-state index contributed by atoms with van der Waals surface area (Å²) in [6.45, 7) is 3.18. The third-order valence-electron chi connectivity index (χ3n) is 10.4. The van der Waals surface area contributed by atoms with Crippen molar-refractivity contribution in [2.45, 2.75) is 113 Å². The first-order chi connectivity index (χ1) is 25.1. The van der Waals surface area contributed by atoms with E-state index >= 15 is 8.78 Å². The maximum atomic E-state index is 15.3. The van der Waals surface area contributed by atoms with E-state index in [-0.39, 0.29) is 43.8 Å². The average molecular weight is 758 g/mol. The number of alkyl halides is 2. The van der Waals surface area contributed by atoms with Crippen LogP contribution in [0.1, 0.15) is 86.2 Å². The fourth-order valence-electron chi connectivity index (χ4n) is 7.30. The largest absolute Gasteiger partial charge is 0.471 e. The molecule has 0 spiro atoms. The maximum Gasteiger partial charge on any atom is 0.274 e. The molecule has 2 aliphatic carbocycles. The van der Waals surface area contributed by atoms with Crippen LogP contribution < -0.4 is 20.1 Å². The minimum atomic E-state index is -4.08. The summed E-state index contributed by atoms with van der Waals surface area (Å²) in [7, 11) is -4.08. The zero-order valence-electron chi connectivity index (χ0n) is 29.3. The van der Waals surface area contributed by atoms with Crippen molar-refractivity contribution in [3.05, 3.63) is 47.5 Å². The highest BCUT2D eigenvalue weighted by atomic mass is 32.2. The van der Waals surface area contributed by atoms with Gasteiger partial charge >= 0.3 is 0 Å². The fraction of sp³-hybridized carbons (Fsp3) is 0.571. The molecule has 4 heterocycles. The Morgan fingerprint density at radius 3 is 2.47 bits per heavy atom. The van der Waals surface area contributed by atoms with Crippen LogP contribution in [0, 0.1) is 19.8 Å². The van der Waals surface area contributed by atoms with E-state index < -0.39 is 87.3 Å². The first-order valence-electron chi connectivity index (χ1n) is 17.8. The second-order valence-electron chi connectivity index (χ2n) is 14.6. The number of rotatable bonds is 7. The Kier molecular flexibility index (Phi) is 9.61. The van der Waals surface area contributed by atoms with Gasteiger partial charge in [-0.15, -0.1) is 0 Å². The van der Waals surface area contributed by atoms with Gasteiger partial charge in [-0.25, -0.2) is 27.2 Å². The number of halogens is 2. The number of fused-ring (bicyclic) bond motifs is 3. The van der Waals surface area contributed by atoms with Crippen molar-refractivity contribution >= 4 is 44.7 Å². The van der Waals surface area contributed by atoms with Crippen LogP contribution in [0.5, 0.6) is 5.88 Å². The van der Waals surface area contributed by atoms with Crippen molar-refractivity contribution < 1.29 is 45.6 Å². The number of hydrogen-bond donors (Lipinski definition) is 3. The van der Waals surface area contributed by atoms with Crippen molar-refractivity contribution in [1.29, 1.82) is 0 Å². The van der Waals surface area contributed by atoms with Gasteiger partial charge in [-0.3, -0.25) is 23.9 Å². The van der Waals surface area contributed by atoms with Crippen LogP contribution >= 0.6 is 0 Å². The first-order valence-corrected chi connectivity index (χ1v) is 19.4. The van der Waals surface area contributed by atoms with Gasteiger partial charge in [0.2, 0.25) is 33.6 Å². The molecule has 2 aliphatic heterocycles. The van der Waals surface area contributed by atoms with Crippen LogP contribution in [0.25, 0.3) is 11.0 Å². The molecular weight excluding hydrogens is 716 g/mol. The number of amides is 4. The lowest BCUT2D eigenvalue weighted by Crippen LogP contribution is -2.58. The van der Waals surface area contributed by atoms with Crippen molar-refractivity contribution in [1.82, 2.24) is 35.4 Å². The van der Waals surface area contributed by atoms with Crippen molar-refractivity contribution in [2.75, 3.05) is 6.54 Å². The molecule has 2 saturated heterocycles. The Bertz CT molecular complexity index is 2060. The number of nitrogens with one attached hydrogen (secondary N) is 3. The SMILES string of the molecule is Cc1cc(C(=O)N[C@H]2CCCCCC(F)(F)C[C@@H]3C[C@@]3(C(=O)NS(=O)(=O)C3CC3)NC(=O)[C@@H]3C[C@@H](Oc4nc5ccccc5nc4C)CN3C2=O)no1. The fourth-order valence-corrected chi connectivity index (χ4v) is 8.66. The second-order valence-corrected chi connectivity index (χ2v) is 16.6. The van der Waals surface area contributed by atoms with Gasteiger partial charge in [-0.2, -0.15) is 0 Å². The van der Waals surface area contributed by atoms with Crippen LogP contribution in [0.15, 0.2) is 34.9 Å². The van der Waals surface area contributed by atoms with Gasteiger partial charge in [0.05, 0.1) is 22.8 Å². The standard InChI is InChI=1S/C35H41F2N7O8S/c1-19-14-27(42-52-19)29(45)39-26-10-4-3-7-13-34(36,37)16-21-17-35(21,33(48)43-53(49,50)23-11-12-23)41-30(46)28-15-22(18-44(28)32(26)47)51-31-20(2)38-24-8-5-6-9-25(24)40-31/h5-6,8-9,14,21-23,26,28H,3-4,7,10-13,15-18H2,1-2H3,(H,39,45)(H,41,46)(H,43,48)/t21-,22-,26+,28+,35-/m1/s1. The molecule has 18 heteroatoms. The van der Waals surface area contributed by atoms with Gasteiger partial charge in [0.1, 0.15) is 35.2 Å². The summed E-state index contributed by atoms with van der Waals surface area (Å²) in [5, 5.41) is 8.26. The highest BCUT2D eigenvalue weighted by Gasteiger charge is 2.65. The van der Waals surface area contributed by atoms with Crippen molar-refractivity contribution in [3.8, 4) is 5.88 Å². The predicted octanol–water partition coefficient (Wildman–Crippen LogP) is 2.85. The van der Waals surface area contributed by atoms with Crippen LogP contribution in [-0.4, -0.2) is 93.5 Å². The lowest BCUT2D eigenvalue weighted by molar-refractivity contribution is -0.141. The van der Waals surface area contributed by atoms with Crippen LogP contribution in [0.4, 0.5) is 8.78 Å². The monoisotopic (exact) mass is 757 g/mol. The van der Waals surface area contributed by atoms with Crippen molar-refractivity contribution in [2.24, 2.45) is 5.92 Å². The Labute approximate surface area is 304 Å². The zero-order chi connectivity index (χ0) is 37.7. The van der Waals surface area contributed by atoms with E-state index in [2.05, 4.69) is 25.8 Å². The molecule has 15 nitrogen and oxygen atoms in total. The number of ether oxygens (including phenoxy) is 1. The van der Waals surface area contributed by atoms with E-state index in [0.717, 1.165) is 0 Å². The molecule has 7 rings (SSSR count). The quantitative estimate of drug-likeness (QED) is 0.320. The summed E-state index contributed by atoms with van der Waals surface area (Å²) >= 11 is 0. The van der Waals surface area contributed by atoms with E-state index in [9.17, 15) is 27.6 Å². The van der Waals surface area contributed by atoms with Crippen LogP contribution in [0.2, 0.25) is 0 Å². The lowest BCUT2D eigenvalue weighted by atomic mass is 10.00. The van der Waals surface area contributed by atoms with Crippen molar-refractivity contribution in [3.63, 3.8) is 0 Å². The van der Waals surface area contributed by atoms with Crippen LogP contribution in [0.3, 0.4) is 0 Å². The molecule has 53 heavy (non-hydrogen) atoms. The molecular formula is C35H41F2N7O8S. The number of carbonyl (C=O) groups is 4.